The number of nitrogens with zero attached hydrogens (tertiary/aromatic N) is 2. The van der Waals surface area contributed by atoms with Gasteiger partial charge < -0.3 is 30.2 Å². The standard InChI is InChI=1S/C28H33F4N5O5S/c1-42-27-13-20(43(33,40)41)7-8-25(27)34-10-3-4-18-12-21-23(5-2-6-26(21)37(18)17-28(30,31)32)35-24-9-11-36(15-22(24)29)14-19(39)16-38/h2,5-8,12-13,19,22,24,34-35,38-39H,9-11,14-17H2,1H3,(H2,33,40,41)/t19?,22-,24+/m0/s1. The van der Waals surface area contributed by atoms with Crippen molar-refractivity contribution >= 4 is 32.3 Å². The van der Waals surface area contributed by atoms with Crippen molar-refractivity contribution in [3.8, 4) is 17.6 Å². The van der Waals surface area contributed by atoms with Crippen LogP contribution in [-0.2, 0) is 16.6 Å². The van der Waals surface area contributed by atoms with E-state index in [9.17, 15) is 26.7 Å². The molecule has 0 spiro atoms. The number of aliphatic hydroxyl groups excluding tert-OH is 2. The van der Waals surface area contributed by atoms with Gasteiger partial charge in [0.05, 0.1) is 54.2 Å². The Morgan fingerprint density at radius 3 is 2.63 bits per heavy atom. The highest BCUT2D eigenvalue weighted by molar-refractivity contribution is 7.89. The molecule has 1 aromatic heterocycles. The molecular weight excluding hydrogens is 594 g/mol. The lowest BCUT2D eigenvalue weighted by Gasteiger charge is -2.36. The lowest BCUT2D eigenvalue weighted by Crippen LogP contribution is -2.50. The molecule has 43 heavy (non-hydrogen) atoms. The molecule has 0 radical (unpaired) electrons. The molecule has 1 unspecified atom stereocenters. The number of primary sulfonamides is 1. The van der Waals surface area contributed by atoms with Crippen LogP contribution >= 0.6 is 0 Å². The van der Waals surface area contributed by atoms with Crippen molar-refractivity contribution in [1.82, 2.24) is 9.47 Å². The van der Waals surface area contributed by atoms with Gasteiger partial charge in [-0.2, -0.15) is 13.2 Å². The Morgan fingerprint density at radius 2 is 1.98 bits per heavy atom. The summed E-state index contributed by atoms with van der Waals surface area (Å²) in [6.07, 6.45) is -6.42. The first-order valence-electron chi connectivity index (χ1n) is 13.3. The fourth-order valence-electron chi connectivity index (χ4n) is 4.98. The molecule has 3 aromatic rings. The zero-order chi connectivity index (χ0) is 31.4. The molecule has 2 heterocycles. The van der Waals surface area contributed by atoms with Crippen molar-refractivity contribution in [2.45, 2.75) is 42.4 Å². The van der Waals surface area contributed by atoms with Gasteiger partial charge in [-0.3, -0.25) is 4.90 Å². The number of sulfonamides is 1. The van der Waals surface area contributed by atoms with Gasteiger partial charge in [-0.05, 0) is 42.7 Å². The number of hydrogen-bond donors (Lipinski definition) is 5. The summed E-state index contributed by atoms with van der Waals surface area (Å²) in [5.74, 6) is 5.76. The summed E-state index contributed by atoms with van der Waals surface area (Å²) in [7, 11) is -2.60. The number of hydrogen-bond acceptors (Lipinski definition) is 8. The predicted molar refractivity (Wildman–Crippen MR) is 154 cm³/mol. The van der Waals surface area contributed by atoms with Gasteiger partial charge >= 0.3 is 6.18 Å². The van der Waals surface area contributed by atoms with Crippen LogP contribution in [0.15, 0.2) is 47.4 Å². The molecule has 0 aliphatic carbocycles. The van der Waals surface area contributed by atoms with Gasteiger partial charge in [0.2, 0.25) is 10.0 Å². The van der Waals surface area contributed by atoms with Gasteiger partial charge in [0.1, 0.15) is 18.5 Å². The Labute approximate surface area is 246 Å². The summed E-state index contributed by atoms with van der Waals surface area (Å²) in [6.45, 7) is -1.05. The molecule has 15 heteroatoms. The number of anilines is 2. The van der Waals surface area contributed by atoms with Crippen LogP contribution in [-0.4, -0.2) is 92.5 Å². The van der Waals surface area contributed by atoms with E-state index in [-0.39, 0.29) is 41.5 Å². The van der Waals surface area contributed by atoms with E-state index in [2.05, 4.69) is 22.5 Å². The van der Waals surface area contributed by atoms with Gasteiger partial charge in [0.15, 0.2) is 0 Å². The van der Waals surface area contributed by atoms with Crippen LogP contribution in [0.4, 0.5) is 28.9 Å². The molecule has 3 atom stereocenters. The van der Waals surface area contributed by atoms with Crippen LogP contribution < -0.4 is 20.5 Å². The number of likely N-dealkylation sites (tertiary alicyclic amines) is 1. The molecule has 1 aliphatic rings. The minimum absolute atomic E-state index is 0.00316. The van der Waals surface area contributed by atoms with E-state index in [1.54, 1.807) is 23.1 Å². The number of β-amino-alcohol motifs (C(OH)–C–C–N with tert-alkyl or cyclic N) is 1. The Bertz CT molecular complexity index is 1600. The second kappa shape index (κ2) is 13.4. The van der Waals surface area contributed by atoms with Gasteiger partial charge in [-0.1, -0.05) is 12.0 Å². The average Bonchev–Trinajstić information content (AvgIpc) is 3.28. The zero-order valence-corrected chi connectivity index (χ0v) is 24.1. The Hall–Kier alpha value is -3.55. The number of rotatable bonds is 10. The first-order chi connectivity index (χ1) is 20.3. The smallest absolute Gasteiger partial charge is 0.406 e. The maximum atomic E-state index is 15.0. The highest BCUT2D eigenvalue weighted by Crippen LogP contribution is 2.32. The average molecular weight is 628 g/mol. The normalized spacial score (nSPS) is 18.6. The largest absolute Gasteiger partial charge is 0.495 e. The molecule has 0 bridgehead atoms. The molecule has 234 valence electrons. The van der Waals surface area contributed by atoms with Crippen molar-refractivity contribution in [3.05, 3.63) is 48.2 Å². The Balaban J connectivity index is 1.56. The number of alkyl halides is 4. The van der Waals surface area contributed by atoms with E-state index in [1.165, 1.54) is 31.4 Å². The van der Waals surface area contributed by atoms with E-state index in [0.717, 1.165) is 4.57 Å². The molecule has 1 aliphatic heterocycles. The van der Waals surface area contributed by atoms with Gasteiger partial charge in [0.25, 0.3) is 0 Å². The van der Waals surface area contributed by atoms with Gasteiger partial charge in [0, 0.05) is 36.8 Å². The van der Waals surface area contributed by atoms with Crippen LogP contribution in [0.5, 0.6) is 5.75 Å². The molecule has 0 saturated carbocycles. The number of benzene rings is 2. The first-order valence-corrected chi connectivity index (χ1v) is 14.9. The number of fused-ring (bicyclic) bond motifs is 1. The van der Waals surface area contributed by atoms with Crippen LogP contribution in [0.2, 0.25) is 0 Å². The minimum atomic E-state index is -4.53. The van der Waals surface area contributed by atoms with Crippen LogP contribution in [0.3, 0.4) is 0 Å². The van der Waals surface area contributed by atoms with Crippen molar-refractivity contribution in [2.75, 3.05) is 50.5 Å². The van der Waals surface area contributed by atoms with Crippen LogP contribution in [0.1, 0.15) is 12.1 Å². The number of aromatic nitrogens is 1. The summed E-state index contributed by atoms with van der Waals surface area (Å²) >= 11 is 0. The third-order valence-electron chi connectivity index (χ3n) is 7.01. The molecule has 2 aromatic carbocycles. The highest BCUT2D eigenvalue weighted by atomic mass is 32.2. The molecular formula is C28H33F4N5O5S. The number of aliphatic hydroxyl groups is 2. The van der Waals surface area contributed by atoms with E-state index in [1.807, 2.05) is 0 Å². The second-order valence-electron chi connectivity index (χ2n) is 10.2. The summed E-state index contributed by atoms with van der Waals surface area (Å²) < 4.78 is 85.2. The molecule has 10 nitrogen and oxygen atoms in total. The summed E-state index contributed by atoms with van der Waals surface area (Å²) in [5.41, 5.74) is 1.25. The van der Waals surface area contributed by atoms with E-state index >= 15 is 4.39 Å². The van der Waals surface area contributed by atoms with Crippen molar-refractivity contribution < 1.29 is 40.9 Å². The molecule has 1 fully saturated rings. The monoisotopic (exact) mass is 627 g/mol. The fourth-order valence-corrected chi connectivity index (χ4v) is 5.51. The summed E-state index contributed by atoms with van der Waals surface area (Å²) in [5, 5.41) is 30.4. The lowest BCUT2D eigenvalue weighted by atomic mass is 10.0. The molecule has 6 N–H and O–H groups in total. The topological polar surface area (TPSA) is 142 Å². The van der Waals surface area contributed by atoms with Crippen LogP contribution in [0.25, 0.3) is 10.9 Å². The van der Waals surface area contributed by atoms with Gasteiger partial charge in [-0.25, -0.2) is 17.9 Å². The maximum Gasteiger partial charge on any atom is 0.406 e. The molecule has 1 saturated heterocycles. The number of nitrogens with one attached hydrogen (secondary N) is 2. The third kappa shape index (κ3) is 8.30. The number of piperidine rings is 1. The number of nitrogens with two attached hydrogens (primary N) is 1. The molecule has 0 amide bonds. The highest BCUT2D eigenvalue weighted by Gasteiger charge is 2.32. The lowest BCUT2D eigenvalue weighted by molar-refractivity contribution is -0.140. The van der Waals surface area contributed by atoms with Crippen LogP contribution in [0, 0.1) is 11.8 Å². The molecule has 4 rings (SSSR count). The quantitative estimate of drug-likeness (QED) is 0.171. The predicted octanol–water partition coefficient (Wildman–Crippen LogP) is 2.50. The second-order valence-corrected chi connectivity index (χ2v) is 11.7. The number of ether oxygens (including phenoxy) is 1. The Morgan fingerprint density at radius 1 is 1.21 bits per heavy atom. The summed E-state index contributed by atoms with van der Waals surface area (Å²) in [4.78, 5) is 1.57. The Kier molecular flexibility index (Phi) is 10.1. The maximum absolute atomic E-state index is 15.0. The zero-order valence-electron chi connectivity index (χ0n) is 23.2. The van der Waals surface area contributed by atoms with Gasteiger partial charge in [-0.15, -0.1) is 0 Å². The van der Waals surface area contributed by atoms with Crippen molar-refractivity contribution in [3.63, 3.8) is 0 Å². The number of methoxy groups -OCH3 is 1. The minimum Gasteiger partial charge on any atom is -0.495 e. The van der Waals surface area contributed by atoms with E-state index in [0.29, 0.717) is 29.7 Å². The number of halogens is 4. The van der Waals surface area contributed by atoms with Crippen molar-refractivity contribution in [1.29, 1.82) is 0 Å². The van der Waals surface area contributed by atoms with E-state index in [4.69, 9.17) is 15.0 Å². The van der Waals surface area contributed by atoms with E-state index < -0.39 is 47.7 Å². The summed E-state index contributed by atoms with van der Waals surface area (Å²) in [6, 6.07) is 9.69. The SMILES string of the molecule is COc1cc(S(N)(=O)=O)ccc1NCC#Cc1cc2c(N[C@@H]3CCN(CC(O)CO)C[C@@H]3F)cccc2n1CC(F)(F)F. The van der Waals surface area contributed by atoms with Crippen molar-refractivity contribution in [2.24, 2.45) is 5.14 Å². The first kappa shape index (κ1) is 32.4. The fraction of sp³-hybridized carbons (Fsp3) is 0.429. The third-order valence-corrected chi connectivity index (χ3v) is 7.93.